The van der Waals surface area contributed by atoms with E-state index in [1.54, 1.807) is 38.4 Å². The van der Waals surface area contributed by atoms with E-state index in [-0.39, 0.29) is 5.91 Å². The first-order valence-electron chi connectivity index (χ1n) is 10.0. The van der Waals surface area contributed by atoms with E-state index in [2.05, 4.69) is 6.92 Å². The van der Waals surface area contributed by atoms with Crippen LogP contribution in [0.2, 0.25) is 0 Å². The summed E-state index contributed by atoms with van der Waals surface area (Å²) in [6.07, 6.45) is 5.38. The molecule has 0 aromatic heterocycles. The molecule has 1 aliphatic carbocycles. The number of ether oxygens (including phenoxy) is 3. The summed E-state index contributed by atoms with van der Waals surface area (Å²) in [5.41, 5.74) is 0.583. The van der Waals surface area contributed by atoms with E-state index in [0.717, 1.165) is 38.1 Å². The molecule has 1 heterocycles. The Balaban J connectivity index is 1.67. The lowest BCUT2D eigenvalue weighted by Gasteiger charge is -2.39. The van der Waals surface area contributed by atoms with Crippen molar-refractivity contribution in [2.45, 2.75) is 38.6 Å². The number of hydrogen-bond donors (Lipinski definition) is 1. The molecule has 0 unspecified atom stereocenters. The summed E-state index contributed by atoms with van der Waals surface area (Å²) in [5, 5.41) is 0. The highest BCUT2D eigenvalue weighted by Crippen LogP contribution is 2.38. The molecular formula is C21H33N2O4+. The number of quaternary nitrogens is 1. The van der Waals surface area contributed by atoms with Gasteiger partial charge in [0.25, 0.3) is 5.91 Å². The van der Waals surface area contributed by atoms with E-state index in [1.165, 1.54) is 25.7 Å². The van der Waals surface area contributed by atoms with Crippen LogP contribution in [0.5, 0.6) is 17.2 Å². The third-order valence-electron chi connectivity index (χ3n) is 6.12. The van der Waals surface area contributed by atoms with Gasteiger partial charge in [0.05, 0.1) is 53.6 Å². The second-order valence-corrected chi connectivity index (χ2v) is 7.83. The largest absolute Gasteiger partial charge is 0.493 e. The Hall–Kier alpha value is -1.95. The monoisotopic (exact) mass is 377 g/mol. The number of rotatable bonds is 5. The summed E-state index contributed by atoms with van der Waals surface area (Å²) in [5.74, 6) is 2.42. The molecule has 6 nitrogen and oxygen atoms in total. The Morgan fingerprint density at radius 1 is 1.04 bits per heavy atom. The topological polar surface area (TPSA) is 52.4 Å². The van der Waals surface area contributed by atoms with E-state index >= 15 is 0 Å². The first-order valence-corrected chi connectivity index (χ1v) is 10.0. The Labute approximate surface area is 162 Å². The van der Waals surface area contributed by atoms with Crippen LogP contribution in [0.15, 0.2) is 12.1 Å². The molecule has 1 saturated heterocycles. The fraction of sp³-hybridized carbons (Fsp3) is 0.667. The van der Waals surface area contributed by atoms with E-state index < -0.39 is 0 Å². The first kappa shape index (κ1) is 19.8. The average Bonchev–Trinajstić information content (AvgIpc) is 2.72. The van der Waals surface area contributed by atoms with Gasteiger partial charge in [-0.25, -0.2) is 0 Å². The van der Waals surface area contributed by atoms with Crippen LogP contribution in [-0.2, 0) is 0 Å². The van der Waals surface area contributed by atoms with Gasteiger partial charge < -0.3 is 24.0 Å². The molecule has 1 N–H and O–H groups in total. The third kappa shape index (κ3) is 4.32. The summed E-state index contributed by atoms with van der Waals surface area (Å²) >= 11 is 0. The molecule has 0 spiro atoms. The number of nitrogens with one attached hydrogen (secondary N) is 1. The minimum atomic E-state index is 0.0327. The van der Waals surface area contributed by atoms with Crippen LogP contribution in [0.25, 0.3) is 0 Å². The molecule has 1 aromatic rings. The van der Waals surface area contributed by atoms with E-state index in [1.807, 2.05) is 4.90 Å². The molecule has 3 rings (SSSR count). The summed E-state index contributed by atoms with van der Waals surface area (Å²) < 4.78 is 16.1. The summed E-state index contributed by atoms with van der Waals surface area (Å²) in [6.45, 7) is 6.04. The van der Waals surface area contributed by atoms with Gasteiger partial charge in [-0.2, -0.15) is 0 Å². The van der Waals surface area contributed by atoms with Crippen LogP contribution in [0.3, 0.4) is 0 Å². The van der Waals surface area contributed by atoms with Crippen molar-refractivity contribution in [3.8, 4) is 17.2 Å². The molecule has 1 saturated carbocycles. The van der Waals surface area contributed by atoms with Crippen LogP contribution in [0.1, 0.15) is 43.0 Å². The average molecular weight is 378 g/mol. The van der Waals surface area contributed by atoms with Crippen LogP contribution in [0.4, 0.5) is 0 Å². The van der Waals surface area contributed by atoms with Crippen molar-refractivity contribution < 1.29 is 23.9 Å². The summed E-state index contributed by atoms with van der Waals surface area (Å²) in [4.78, 5) is 16.7. The number of carbonyl (C=O) groups is 1. The minimum absolute atomic E-state index is 0.0327. The number of benzene rings is 1. The van der Waals surface area contributed by atoms with Crippen molar-refractivity contribution in [1.29, 1.82) is 0 Å². The highest BCUT2D eigenvalue weighted by Gasteiger charge is 2.32. The van der Waals surface area contributed by atoms with Crippen molar-refractivity contribution in [3.63, 3.8) is 0 Å². The number of hydrogen-bond acceptors (Lipinski definition) is 4. The quantitative estimate of drug-likeness (QED) is 0.848. The lowest BCUT2D eigenvalue weighted by molar-refractivity contribution is -0.930. The first-order chi connectivity index (χ1) is 13.1. The Morgan fingerprint density at radius 3 is 2.19 bits per heavy atom. The van der Waals surface area contributed by atoms with Gasteiger partial charge in [0.15, 0.2) is 11.5 Å². The SMILES string of the molecule is COc1cc(C(=O)N2CC[NH+]([C@@H]3CCC[C@H](C)C3)CC2)cc(OC)c1OC. The molecule has 1 aromatic carbocycles. The fourth-order valence-electron chi connectivity index (χ4n) is 4.60. The smallest absolute Gasteiger partial charge is 0.254 e. The Morgan fingerprint density at radius 2 is 1.67 bits per heavy atom. The van der Waals surface area contributed by atoms with Crippen molar-refractivity contribution in [2.75, 3.05) is 47.5 Å². The fourth-order valence-corrected chi connectivity index (χ4v) is 4.60. The van der Waals surface area contributed by atoms with Gasteiger partial charge in [0.2, 0.25) is 5.75 Å². The molecule has 0 bridgehead atoms. The van der Waals surface area contributed by atoms with Crippen molar-refractivity contribution in [2.24, 2.45) is 5.92 Å². The van der Waals surface area contributed by atoms with E-state index in [0.29, 0.717) is 22.8 Å². The number of methoxy groups -OCH3 is 3. The van der Waals surface area contributed by atoms with Crippen LogP contribution in [-0.4, -0.2) is 64.4 Å². The van der Waals surface area contributed by atoms with Gasteiger partial charge in [0, 0.05) is 12.0 Å². The number of piperazine rings is 1. The highest BCUT2D eigenvalue weighted by atomic mass is 16.5. The normalized spacial score (nSPS) is 23.8. The maximum Gasteiger partial charge on any atom is 0.254 e. The maximum absolute atomic E-state index is 13.0. The zero-order chi connectivity index (χ0) is 19.4. The standard InChI is InChI=1S/C21H32N2O4/c1-15-6-5-7-17(12-15)22-8-10-23(11-9-22)21(24)16-13-18(25-2)20(27-4)19(14-16)26-3/h13-15,17H,5-12H2,1-4H3/p+1/t15-,17+/m0/s1. The zero-order valence-corrected chi connectivity index (χ0v) is 17.0. The molecule has 0 radical (unpaired) electrons. The lowest BCUT2D eigenvalue weighted by atomic mass is 9.86. The molecule has 1 amide bonds. The van der Waals surface area contributed by atoms with Gasteiger partial charge in [-0.3, -0.25) is 4.79 Å². The van der Waals surface area contributed by atoms with Crippen molar-refractivity contribution in [1.82, 2.24) is 4.90 Å². The zero-order valence-electron chi connectivity index (χ0n) is 17.0. The van der Waals surface area contributed by atoms with E-state index in [4.69, 9.17) is 14.2 Å². The van der Waals surface area contributed by atoms with Crippen molar-refractivity contribution in [3.05, 3.63) is 17.7 Å². The van der Waals surface area contributed by atoms with Crippen LogP contribution >= 0.6 is 0 Å². The maximum atomic E-state index is 13.0. The predicted molar refractivity (Wildman–Crippen MR) is 104 cm³/mol. The van der Waals surface area contributed by atoms with Crippen LogP contribution < -0.4 is 19.1 Å². The van der Waals surface area contributed by atoms with Crippen LogP contribution in [0, 0.1) is 5.92 Å². The molecule has 150 valence electrons. The number of amides is 1. The predicted octanol–water partition coefficient (Wildman–Crippen LogP) is 1.63. The third-order valence-corrected chi connectivity index (χ3v) is 6.12. The van der Waals surface area contributed by atoms with Crippen molar-refractivity contribution >= 4 is 5.91 Å². The molecule has 2 atom stereocenters. The second kappa shape index (κ2) is 8.83. The minimum Gasteiger partial charge on any atom is -0.493 e. The molecule has 27 heavy (non-hydrogen) atoms. The summed E-state index contributed by atoms with van der Waals surface area (Å²) in [7, 11) is 4.70. The molecule has 2 aliphatic rings. The molecule has 6 heteroatoms. The summed E-state index contributed by atoms with van der Waals surface area (Å²) in [6, 6.07) is 4.25. The number of nitrogens with zero attached hydrogens (tertiary/aromatic N) is 1. The lowest BCUT2D eigenvalue weighted by Crippen LogP contribution is -3.18. The molecular weight excluding hydrogens is 344 g/mol. The molecule has 1 aliphatic heterocycles. The van der Waals surface area contributed by atoms with Gasteiger partial charge in [-0.1, -0.05) is 13.3 Å². The highest BCUT2D eigenvalue weighted by molar-refractivity contribution is 5.95. The van der Waals surface area contributed by atoms with E-state index in [9.17, 15) is 4.79 Å². The second-order valence-electron chi connectivity index (χ2n) is 7.83. The van der Waals surface area contributed by atoms with Gasteiger partial charge in [0.1, 0.15) is 0 Å². The van der Waals surface area contributed by atoms with Gasteiger partial charge in [-0.05, 0) is 30.9 Å². The van der Waals surface area contributed by atoms with Gasteiger partial charge >= 0.3 is 0 Å². The molecule has 2 fully saturated rings. The van der Waals surface area contributed by atoms with Gasteiger partial charge in [-0.15, -0.1) is 0 Å². The number of carbonyl (C=O) groups excluding carboxylic acids is 1. The Bertz CT molecular complexity index is 631. The Kier molecular flexibility index (Phi) is 6.47.